The minimum Gasteiger partial charge on any atom is -0.384 e. The smallest absolute Gasteiger partial charge is 0.179 e. The van der Waals surface area contributed by atoms with E-state index in [1.54, 1.807) is 6.07 Å². The second-order valence-corrected chi connectivity index (χ2v) is 3.39. The summed E-state index contributed by atoms with van der Waals surface area (Å²) in [6.07, 6.45) is 0.879. The second kappa shape index (κ2) is 4.27. The quantitative estimate of drug-likeness (QED) is 0.642. The lowest BCUT2D eigenvalue weighted by atomic mass is 10.4. The van der Waals surface area contributed by atoms with Gasteiger partial charge in [-0.25, -0.2) is 9.97 Å². The van der Waals surface area contributed by atoms with Crippen molar-refractivity contribution >= 4 is 17.0 Å². The van der Waals surface area contributed by atoms with Gasteiger partial charge in [-0.2, -0.15) is 0 Å². The molecule has 4 N–H and O–H groups in total. The normalized spacial score (nSPS) is 11.0. The van der Waals surface area contributed by atoms with Crippen LogP contribution in [0.4, 0.5) is 5.82 Å². The molecule has 2 aromatic rings. The van der Waals surface area contributed by atoms with Crippen molar-refractivity contribution in [1.82, 2.24) is 20.3 Å². The molecule has 0 bridgehead atoms. The standard InChI is InChI=1S/C10H15N5/c1-2-12-6-5-9-13-7-3-4-8(11)14-10(7)15-9/h3-4,12H,2,5-6H2,1H3,(H3,11,13,14,15). The van der Waals surface area contributed by atoms with Crippen LogP contribution in [-0.2, 0) is 6.42 Å². The summed E-state index contributed by atoms with van der Waals surface area (Å²) >= 11 is 0. The number of nitrogens with two attached hydrogens (primary N) is 1. The minimum absolute atomic E-state index is 0.507. The average molecular weight is 205 g/mol. The zero-order valence-electron chi connectivity index (χ0n) is 8.75. The molecule has 0 aliphatic heterocycles. The molecule has 0 radical (unpaired) electrons. The number of rotatable bonds is 4. The zero-order valence-corrected chi connectivity index (χ0v) is 8.75. The van der Waals surface area contributed by atoms with E-state index in [9.17, 15) is 0 Å². The Labute approximate surface area is 88.1 Å². The average Bonchev–Trinajstić information content (AvgIpc) is 2.60. The van der Waals surface area contributed by atoms with Crippen molar-refractivity contribution in [3.05, 3.63) is 18.0 Å². The van der Waals surface area contributed by atoms with Crippen LogP contribution in [0.5, 0.6) is 0 Å². The predicted octanol–water partition coefficient (Wildman–Crippen LogP) is 0.692. The van der Waals surface area contributed by atoms with Gasteiger partial charge in [-0.15, -0.1) is 0 Å². The van der Waals surface area contributed by atoms with Crippen molar-refractivity contribution in [1.29, 1.82) is 0 Å². The summed E-state index contributed by atoms with van der Waals surface area (Å²) in [7, 11) is 0. The molecule has 5 heteroatoms. The van der Waals surface area contributed by atoms with Crippen LogP contribution in [-0.4, -0.2) is 28.0 Å². The fourth-order valence-electron chi connectivity index (χ4n) is 1.46. The largest absolute Gasteiger partial charge is 0.384 e. The molecule has 0 aliphatic rings. The zero-order chi connectivity index (χ0) is 10.7. The highest BCUT2D eigenvalue weighted by Gasteiger charge is 2.03. The van der Waals surface area contributed by atoms with Gasteiger partial charge < -0.3 is 16.0 Å². The van der Waals surface area contributed by atoms with Crippen molar-refractivity contribution in [2.45, 2.75) is 13.3 Å². The lowest BCUT2D eigenvalue weighted by Crippen LogP contribution is -2.16. The number of hydrogen-bond acceptors (Lipinski definition) is 4. The molecule has 0 atom stereocenters. The first-order valence-electron chi connectivity index (χ1n) is 5.11. The number of nitrogens with one attached hydrogen (secondary N) is 2. The van der Waals surface area contributed by atoms with Crippen LogP contribution >= 0.6 is 0 Å². The fourth-order valence-corrected chi connectivity index (χ4v) is 1.46. The number of H-pyrrole nitrogens is 1. The van der Waals surface area contributed by atoms with Crippen molar-refractivity contribution in [3.63, 3.8) is 0 Å². The van der Waals surface area contributed by atoms with E-state index in [-0.39, 0.29) is 0 Å². The molecule has 0 aromatic carbocycles. The van der Waals surface area contributed by atoms with Crippen molar-refractivity contribution in [2.24, 2.45) is 0 Å². The summed E-state index contributed by atoms with van der Waals surface area (Å²) in [5.41, 5.74) is 7.21. The maximum absolute atomic E-state index is 5.58. The maximum atomic E-state index is 5.58. The van der Waals surface area contributed by atoms with Crippen LogP contribution in [0.1, 0.15) is 12.7 Å². The molecule has 0 saturated carbocycles. The number of anilines is 1. The molecular formula is C10H15N5. The van der Waals surface area contributed by atoms with Gasteiger partial charge in [0.25, 0.3) is 0 Å². The molecule has 0 saturated heterocycles. The molecule has 0 fully saturated rings. The number of aromatic nitrogens is 3. The first kappa shape index (κ1) is 9.92. The van der Waals surface area contributed by atoms with E-state index in [0.717, 1.165) is 30.9 Å². The fraction of sp³-hybridized carbons (Fsp3) is 0.400. The number of likely N-dealkylation sites (N-methyl/N-ethyl adjacent to an activating group) is 1. The molecule has 80 valence electrons. The number of pyridine rings is 1. The molecule has 2 aromatic heterocycles. The van der Waals surface area contributed by atoms with Crippen LogP contribution in [0, 0.1) is 0 Å². The minimum atomic E-state index is 0.507. The highest BCUT2D eigenvalue weighted by Crippen LogP contribution is 2.10. The van der Waals surface area contributed by atoms with Gasteiger partial charge >= 0.3 is 0 Å². The van der Waals surface area contributed by atoms with E-state index in [0.29, 0.717) is 11.5 Å². The lowest BCUT2D eigenvalue weighted by molar-refractivity contribution is 0.702. The highest BCUT2D eigenvalue weighted by molar-refractivity contribution is 5.72. The van der Waals surface area contributed by atoms with Crippen LogP contribution in [0.15, 0.2) is 12.1 Å². The Hall–Kier alpha value is -1.62. The predicted molar refractivity (Wildman–Crippen MR) is 60.5 cm³/mol. The monoisotopic (exact) mass is 205 g/mol. The SMILES string of the molecule is CCNCCc1nc2nc(N)ccc2[nH]1. The summed E-state index contributed by atoms with van der Waals surface area (Å²) in [6.45, 7) is 3.98. The summed E-state index contributed by atoms with van der Waals surface area (Å²) in [5.74, 6) is 1.45. The molecule has 0 unspecified atom stereocenters. The van der Waals surface area contributed by atoms with Crippen molar-refractivity contribution in [3.8, 4) is 0 Å². The first-order chi connectivity index (χ1) is 7.29. The Bertz CT molecular complexity index is 448. The van der Waals surface area contributed by atoms with Crippen LogP contribution in [0.3, 0.4) is 0 Å². The molecule has 0 spiro atoms. The molecule has 0 amide bonds. The maximum Gasteiger partial charge on any atom is 0.179 e. The molecule has 0 aliphatic carbocycles. The van der Waals surface area contributed by atoms with Gasteiger partial charge in [0, 0.05) is 13.0 Å². The molecular weight excluding hydrogens is 190 g/mol. The Morgan fingerprint density at radius 2 is 2.27 bits per heavy atom. The number of imidazole rings is 1. The van der Waals surface area contributed by atoms with Gasteiger partial charge in [0.1, 0.15) is 11.6 Å². The van der Waals surface area contributed by atoms with Gasteiger partial charge in [-0.05, 0) is 18.7 Å². The van der Waals surface area contributed by atoms with Crippen molar-refractivity contribution < 1.29 is 0 Å². The number of aromatic amines is 1. The van der Waals surface area contributed by atoms with Gasteiger partial charge in [0.15, 0.2) is 5.65 Å². The number of hydrogen-bond donors (Lipinski definition) is 3. The third kappa shape index (κ3) is 2.24. The van der Waals surface area contributed by atoms with Gasteiger partial charge in [-0.1, -0.05) is 6.92 Å². The molecule has 2 rings (SSSR count). The van der Waals surface area contributed by atoms with Crippen LogP contribution < -0.4 is 11.1 Å². The second-order valence-electron chi connectivity index (χ2n) is 3.39. The van der Waals surface area contributed by atoms with Gasteiger partial charge in [0.2, 0.25) is 0 Å². The molecule has 15 heavy (non-hydrogen) atoms. The van der Waals surface area contributed by atoms with Gasteiger partial charge in [0.05, 0.1) is 5.52 Å². The van der Waals surface area contributed by atoms with E-state index in [4.69, 9.17) is 5.73 Å². The number of nitrogen functional groups attached to an aromatic ring is 1. The third-order valence-electron chi connectivity index (χ3n) is 2.21. The number of fused-ring (bicyclic) bond motifs is 1. The van der Waals surface area contributed by atoms with Crippen LogP contribution in [0.25, 0.3) is 11.2 Å². The summed E-state index contributed by atoms with van der Waals surface area (Å²) in [6, 6.07) is 3.68. The Morgan fingerprint density at radius 1 is 1.40 bits per heavy atom. The van der Waals surface area contributed by atoms with E-state index >= 15 is 0 Å². The summed E-state index contributed by atoms with van der Waals surface area (Å²) < 4.78 is 0. The van der Waals surface area contributed by atoms with Crippen LogP contribution in [0.2, 0.25) is 0 Å². The van der Waals surface area contributed by atoms with E-state index < -0.39 is 0 Å². The third-order valence-corrected chi connectivity index (χ3v) is 2.21. The molecule has 2 heterocycles. The Kier molecular flexibility index (Phi) is 2.82. The van der Waals surface area contributed by atoms with E-state index in [2.05, 4.69) is 27.2 Å². The van der Waals surface area contributed by atoms with E-state index in [1.807, 2.05) is 6.07 Å². The first-order valence-corrected chi connectivity index (χ1v) is 5.11. The number of nitrogens with zero attached hydrogens (tertiary/aromatic N) is 2. The summed E-state index contributed by atoms with van der Waals surface area (Å²) in [4.78, 5) is 11.7. The van der Waals surface area contributed by atoms with Gasteiger partial charge in [-0.3, -0.25) is 0 Å². The Balaban J connectivity index is 2.16. The Morgan fingerprint density at radius 3 is 3.07 bits per heavy atom. The van der Waals surface area contributed by atoms with E-state index in [1.165, 1.54) is 0 Å². The highest BCUT2D eigenvalue weighted by atomic mass is 15.0. The summed E-state index contributed by atoms with van der Waals surface area (Å²) in [5, 5.41) is 3.25. The topological polar surface area (TPSA) is 79.6 Å². The lowest BCUT2D eigenvalue weighted by Gasteiger charge is -1.96. The molecule has 5 nitrogen and oxygen atoms in total. The van der Waals surface area contributed by atoms with Crippen molar-refractivity contribution in [2.75, 3.05) is 18.8 Å².